The van der Waals surface area contributed by atoms with Gasteiger partial charge in [-0.3, -0.25) is 10.1 Å². The maximum Gasteiger partial charge on any atom is 0.319 e. The van der Waals surface area contributed by atoms with Gasteiger partial charge in [0.25, 0.3) is 5.69 Å². The van der Waals surface area contributed by atoms with Crippen molar-refractivity contribution in [3.8, 4) is 0 Å². The van der Waals surface area contributed by atoms with Crippen molar-refractivity contribution < 1.29 is 14.8 Å². The number of aliphatic hydroxyl groups is 1. The fourth-order valence-electron chi connectivity index (χ4n) is 1.83. The molecule has 3 N–H and O–H groups in total. The average molecular weight is 336 g/mol. The fourth-order valence-corrected chi connectivity index (χ4v) is 1.96. The van der Waals surface area contributed by atoms with Crippen molar-refractivity contribution in [1.82, 2.24) is 5.32 Å². The molecule has 0 aromatic heterocycles. The minimum atomic E-state index is -0.866. The van der Waals surface area contributed by atoms with Crippen molar-refractivity contribution in [2.45, 2.75) is 6.10 Å². The van der Waals surface area contributed by atoms with Crippen molar-refractivity contribution in [1.29, 1.82) is 0 Å². The molecule has 2 aromatic carbocycles. The summed E-state index contributed by atoms with van der Waals surface area (Å²) < 4.78 is 0. The van der Waals surface area contributed by atoms with Crippen LogP contribution in [0.2, 0.25) is 5.02 Å². The van der Waals surface area contributed by atoms with Crippen LogP contribution in [0.1, 0.15) is 11.7 Å². The van der Waals surface area contributed by atoms with Crippen LogP contribution in [-0.4, -0.2) is 22.6 Å². The first-order valence-corrected chi connectivity index (χ1v) is 7.06. The van der Waals surface area contributed by atoms with Crippen molar-refractivity contribution in [2.75, 3.05) is 11.9 Å². The molecule has 7 nitrogen and oxygen atoms in total. The Balaban J connectivity index is 1.84. The molecule has 2 aromatic rings. The second-order valence-corrected chi connectivity index (χ2v) is 5.14. The highest BCUT2D eigenvalue weighted by Gasteiger charge is 2.10. The number of nitrogens with one attached hydrogen (secondary N) is 2. The molecule has 0 spiro atoms. The quantitative estimate of drug-likeness (QED) is 0.576. The molecular weight excluding hydrogens is 322 g/mol. The summed E-state index contributed by atoms with van der Waals surface area (Å²) in [5, 5.41) is 26.1. The number of anilines is 1. The van der Waals surface area contributed by atoms with Gasteiger partial charge in [-0.15, -0.1) is 0 Å². The van der Waals surface area contributed by atoms with Crippen molar-refractivity contribution in [2.24, 2.45) is 0 Å². The van der Waals surface area contributed by atoms with E-state index in [4.69, 9.17) is 11.6 Å². The van der Waals surface area contributed by atoms with Gasteiger partial charge in [0.1, 0.15) is 0 Å². The summed E-state index contributed by atoms with van der Waals surface area (Å²) in [6.45, 7) is 0.0143. The SMILES string of the molecule is O=C(NC[C@H](O)c1ccc(Cl)cc1)Nc1ccc([N+](=O)[O-])cc1. The Labute approximate surface area is 137 Å². The van der Waals surface area contributed by atoms with Crippen LogP contribution in [0.25, 0.3) is 0 Å². The van der Waals surface area contributed by atoms with E-state index >= 15 is 0 Å². The van der Waals surface area contributed by atoms with Crippen LogP contribution in [-0.2, 0) is 0 Å². The molecule has 120 valence electrons. The van der Waals surface area contributed by atoms with Crippen LogP contribution in [0.3, 0.4) is 0 Å². The highest BCUT2D eigenvalue weighted by atomic mass is 35.5. The van der Waals surface area contributed by atoms with Crippen molar-refractivity contribution in [3.05, 3.63) is 69.2 Å². The molecule has 0 aliphatic carbocycles. The summed E-state index contributed by atoms with van der Waals surface area (Å²) in [5.74, 6) is 0. The number of carbonyl (C=O) groups excluding carboxylic acids is 1. The van der Waals surface area contributed by atoms with Gasteiger partial charge in [0.05, 0.1) is 11.0 Å². The number of non-ortho nitro benzene ring substituents is 1. The van der Waals surface area contributed by atoms with Crippen LogP contribution in [0.5, 0.6) is 0 Å². The molecule has 0 radical (unpaired) electrons. The van der Waals surface area contributed by atoms with Crippen LogP contribution < -0.4 is 10.6 Å². The molecule has 0 saturated heterocycles. The molecule has 2 rings (SSSR count). The molecular formula is C15H14ClN3O4. The Morgan fingerprint density at radius 2 is 1.78 bits per heavy atom. The number of aliphatic hydroxyl groups excluding tert-OH is 1. The largest absolute Gasteiger partial charge is 0.387 e. The van der Waals surface area contributed by atoms with E-state index in [1.54, 1.807) is 24.3 Å². The van der Waals surface area contributed by atoms with Gasteiger partial charge in [-0.2, -0.15) is 0 Å². The number of benzene rings is 2. The van der Waals surface area contributed by atoms with E-state index in [-0.39, 0.29) is 12.2 Å². The molecule has 0 fully saturated rings. The van der Waals surface area contributed by atoms with Gasteiger partial charge in [0, 0.05) is 29.4 Å². The summed E-state index contributed by atoms with van der Waals surface area (Å²) in [5.41, 5.74) is 0.980. The molecule has 0 aliphatic heterocycles. The Hall–Kier alpha value is -2.64. The van der Waals surface area contributed by atoms with E-state index in [1.807, 2.05) is 0 Å². The number of carbonyl (C=O) groups is 1. The number of rotatable bonds is 5. The summed E-state index contributed by atoms with van der Waals surface area (Å²) in [6.07, 6.45) is -0.866. The van der Waals surface area contributed by atoms with Crippen LogP contribution >= 0.6 is 11.6 Å². The van der Waals surface area contributed by atoms with Gasteiger partial charge in [-0.1, -0.05) is 23.7 Å². The average Bonchev–Trinajstić information content (AvgIpc) is 2.54. The third-order valence-corrected chi connectivity index (χ3v) is 3.30. The van der Waals surface area contributed by atoms with Gasteiger partial charge < -0.3 is 15.7 Å². The normalized spacial score (nSPS) is 11.6. The standard InChI is InChI=1S/C15H14ClN3O4/c16-11-3-1-10(2-4-11)14(20)9-17-15(21)18-12-5-7-13(8-6-12)19(22)23/h1-8,14,20H,9H2,(H2,17,18,21)/t14-/m0/s1. The maximum absolute atomic E-state index is 11.7. The zero-order valence-corrected chi connectivity index (χ0v) is 12.7. The summed E-state index contributed by atoms with van der Waals surface area (Å²) in [4.78, 5) is 21.7. The molecule has 0 saturated carbocycles. The van der Waals surface area contributed by atoms with E-state index in [0.717, 1.165) is 0 Å². The number of halogens is 1. The maximum atomic E-state index is 11.7. The van der Waals surface area contributed by atoms with Crippen LogP contribution in [0, 0.1) is 10.1 Å². The second-order valence-electron chi connectivity index (χ2n) is 4.71. The number of hydrogen-bond acceptors (Lipinski definition) is 4. The third kappa shape index (κ3) is 4.94. The highest BCUT2D eigenvalue weighted by Crippen LogP contribution is 2.17. The van der Waals surface area contributed by atoms with Gasteiger partial charge in [0.2, 0.25) is 0 Å². The van der Waals surface area contributed by atoms with Crippen molar-refractivity contribution >= 4 is 29.0 Å². The lowest BCUT2D eigenvalue weighted by atomic mass is 10.1. The van der Waals surface area contributed by atoms with E-state index < -0.39 is 17.1 Å². The number of nitro benzene ring substituents is 1. The summed E-state index contributed by atoms with van der Waals surface area (Å²) in [7, 11) is 0. The Morgan fingerprint density at radius 1 is 1.17 bits per heavy atom. The molecule has 1 atom stereocenters. The third-order valence-electron chi connectivity index (χ3n) is 3.05. The predicted octanol–water partition coefficient (Wildman–Crippen LogP) is 3.10. The predicted molar refractivity (Wildman–Crippen MR) is 86.5 cm³/mol. The lowest BCUT2D eigenvalue weighted by Gasteiger charge is -2.13. The number of nitrogens with zero attached hydrogens (tertiary/aromatic N) is 1. The number of amides is 2. The van der Waals surface area contributed by atoms with E-state index in [1.165, 1.54) is 24.3 Å². The van der Waals surface area contributed by atoms with E-state index in [9.17, 15) is 20.0 Å². The number of hydrogen-bond donors (Lipinski definition) is 3. The first-order valence-electron chi connectivity index (χ1n) is 6.68. The first-order chi connectivity index (χ1) is 11.0. The van der Waals surface area contributed by atoms with Gasteiger partial charge >= 0.3 is 6.03 Å². The molecule has 0 aliphatic rings. The Morgan fingerprint density at radius 3 is 2.35 bits per heavy atom. The zero-order chi connectivity index (χ0) is 16.8. The Bertz CT molecular complexity index is 689. The Kier molecular flexibility index (Phi) is 5.51. The number of nitro groups is 1. The van der Waals surface area contributed by atoms with Gasteiger partial charge in [-0.25, -0.2) is 4.79 Å². The molecule has 0 bridgehead atoms. The molecule has 2 amide bonds. The molecule has 0 unspecified atom stereocenters. The zero-order valence-electron chi connectivity index (χ0n) is 11.9. The molecule has 23 heavy (non-hydrogen) atoms. The monoisotopic (exact) mass is 335 g/mol. The topological polar surface area (TPSA) is 104 Å². The van der Waals surface area contributed by atoms with Gasteiger partial charge in [0.15, 0.2) is 0 Å². The summed E-state index contributed by atoms with van der Waals surface area (Å²) in [6, 6.07) is 11.5. The number of urea groups is 1. The van der Waals surface area contributed by atoms with Crippen LogP contribution in [0.15, 0.2) is 48.5 Å². The minimum Gasteiger partial charge on any atom is -0.387 e. The molecule has 8 heteroatoms. The van der Waals surface area contributed by atoms with E-state index in [0.29, 0.717) is 16.3 Å². The first kappa shape index (κ1) is 16.7. The van der Waals surface area contributed by atoms with E-state index in [2.05, 4.69) is 10.6 Å². The van der Waals surface area contributed by atoms with Crippen LogP contribution in [0.4, 0.5) is 16.2 Å². The van der Waals surface area contributed by atoms with Crippen molar-refractivity contribution in [3.63, 3.8) is 0 Å². The second kappa shape index (κ2) is 7.57. The fraction of sp³-hybridized carbons (Fsp3) is 0.133. The minimum absolute atomic E-state index is 0.0143. The smallest absolute Gasteiger partial charge is 0.319 e. The van der Waals surface area contributed by atoms with Gasteiger partial charge in [-0.05, 0) is 29.8 Å². The lowest BCUT2D eigenvalue weighted by Crippen LogP contribution is -2.32. The lowest BCUT2D eigenvalue weighted by molar-refractivity contribution is -0.384. The highest BCUT2D eigenvalue weighted by molar-refractivity contribution is 6.30. The summed E-state index contributed by atoms with van der Waals surface area (Å²) >= 11 is 5.76. The molecule has 0 heterocycles.